The quantitative estimate of drug-likeness (QED) is 0.689. The van der Waals surface area contributed by atoms with Crippen molar-refractivity contribution in [1.29, 1.82) is 0 Å². The van der Waals surface area contributed by atoms with E-state index in [1.807, 2.05) is 26.0 Å². The van der Waals surface area contributed by atoms with Gasteiger partial charge in [0.15, 0.2) is 11.5 Å². The van der Waals surface area contributed by atoms with E-state index in [1.54, 1.807) is 37.6 Å². The van der Waals surface area contributed by atoms with E-state index in [2.05, 4.69) is 5.32 Å². The Kier molecular flexibility index (Phi) is 4.24. The summed E-state index contributed by atoms with van der Waals surface area (Å²) < 4.78 is 21.6. The van der Waals surface area contributed by atoms with Crippen LogP contribution in [0.2, 0.25) is 0 Å². The zero-order valence-corrected chi connectivity index (χ0v) is 15.3. The average molecular weight is 365 g/mol. The maximum Gasteiger partial charge on any atom is 0.248 e. The topological polar surface area (TPSA) is 69.9 Å². The molecule has 0 aliphatic carbocycles. The van der Waals surface area contributed by atoms with E-state index in [4.69, 9.17) is 18.6 Å². The van der Waals surface area contributed by atoms with Crippen molar-refractivity contribution >= 4 is 28.1 Å². The number of anilines is 1. The van der Waals surface area contributed by atoms with Gasteiger partial charge in [-0.15, -0.1) is 0 Å². The Balaban J connectivity index is 1.60. The Hall–Kier alpha value is -3.41. The number of amides is 1. The molecule has 0 bridgehead atoms. The maximum absolute atomic E-state index is 12.5. The molecule has 2 heterocycles. The summed E-state index contributed by atoms with van der Waals surface area (Å²) in [5.41, 5.74) is 4.06. The molecule has 138 valence electrons. The van der Waals surface area contributed by atoms with Crippen molar-refractivity contribution in [3.63, 3.8) is 0 Å². The number of aryl methyl sites for hydroxylation is 1. The van der Waals surface area contributed by atoms with E-state index in [1.165, 1.54) is 0 Å². The lowest BCUT2D eigenvalue weighted by molar-refractivity contribution is -0.111. The van der Waals surface area contributed by atoms with Crippen molar-refractivity contribution < 1.29 is 23.4 Å². The molecule has 1 aliphatic heterocycles. The lowest BCUT2D eigenvalue weighted by atomic mass is 10.0. The van der Waals surface area contributed by atoms with Gasteiger partial charge in [0.25, 0.3) is 0 Å². The van der Waals surface area contributed by atoms with Gasteiger partial charge in [-0.1, -0.05) is 0 Å². The molecule has 1 amide bonds. The molecule has 0 unspecified atom stereocenters. The van der Waals surface area contributed by atoms with Gasteiger partial charge in [0.2, 0.25) is 12.7 Å². The lowest BCUT2D eigenvalue weighted by Crippen LogP contribution is -2.08. The third-order valence-corrected chi connectivity index (χ3v) is 4.50. The van der Waals surface area contributed by atoms with Crippen molar-refractivity contribution in [2.45, 2.75) is 13.8 Å². The van der Waals surface area contributed by atoms with Gasteiger partial charge in [-0.25, -0.2) is 0 Å². The molecule has 1 N–H and O–H groups in total. The minimum atomic E-state index is -0.238. The minimum absolute atomic E-state index is 0.196. The smallest absolute Gasteiger partial charge is 0.248 e. The number of benzene rings is 2. The Morgan fingerprint density at radius 2 is 2.00 bits per heavy atom. The highest BCUT2D eigenvalue weighted by Gasteiger charge is 2.15. The monoisotopic (exact) mass is 365 g/mol. The number of rotatable bonds is 4. The molecule has 27 heavy (non-hydrogen) atoms. The van der Waals surface area contributed by atoms with Gasteiger partial charge >= 0.3 is 0 Å². The standard InChI is InChI=1S/C21H19NO5/c1-12(15-8-16-13(2)10-25-19(16)9-18(15)24-3)6-21(23)22-14-4-5-17-20(7-14)27-11-26-17/h4-10H,11H2,1-3H3,(H,22,23)/b12-6+. The molecule has 3 aromatic rings. The number of fused-ring (bicyclic) bond motifs is 2. The van der Waals surface area contributed by atoms with Gasteiger partial charge in [-0.05, 0) is 43.2 Å². The Morgan fingerprint density at radius 3 is 2.81 bits per heavy atom. The zero-order valence-electron chi connectivity index (χ0n) is 15.3. The number of nitrogens with one attached hydrogen (secondary N) is 1. The van der Waals surface area contributed by atoms with Crippen LogP contribution in [0, 0.1) is 6.92 Å². The number of ether oxygens (including phenoxy) is 3. The summed E-state index contributed by atoms with van der Waals surface area (Å²) in [6, 6.07) is 9.10. The first kappa shape index (κ1) is 17.0. The number of methoxy groups -OCH3 is 1. The molecular formula is C21H19NO5. The van der Waals surface area contributed by atoms with Crippen LogP contribution in [0.5, 0.6) is 17.2 Å². The first-order chi connectivity index (χ1) is 13.0. The predicted octanol–water partition coefficient (Wildman–Crippen LogP) is 4.52. The molecule has 4 rings (SSSR count). The molecule has 1 aromatic heterocycles. The number of hydrogen-bond donors (Lipinski definition) is 1. The highest BCUT2D eigenvalue weighted by molar-refractivity contribution is 6.04. The number of carbonyl (C=O) groups excluding carboxylic acids is 1. The van der Waals surface area contributed by atoms with Crippen LogP contribution in [0.4, 0.5) is 5.69 Å². The van der Waals surface area contributed by atoms with E-state index >= 15 is 0 Å². The zero-order chi connectivity index (χ0) is 19.0. The summed E-state index contributed by atoms with van der Waals surface area (Å²) in [6.45, 7) is 4.05. The highest BCUT2D eigenvalue weighted by Crippen LogP contribution is 2.35. The molecule has 6 nitrogen and oxygen atoms in total. The third kappa shape index (κ3) is 3.21. The minimum Gasteiger partial charge on any atom is -0.496 e. The van der Waals surface area contributed by atoms with Crippen molar-refractivity contribution in [2.24, 2.45) is 0 Å². The molecular weight excluding hydrogens is 346 g/mol. The summed E-state index contributed by atoms with van der Waals surface area (Å²) in [5, 5.41) is 3.84. The summed E-state index contributed by atoms with van der Waals surface area (Å²) in [6.07, 6.45) is 3.25. The molecule has 0 spiro atoms. The van der Waals surface area contributed by atoms with Gasteiger partial charge in [-0.2, -0.15) is 0 Å². The fourth-order valence-electron chi connectivity index (χ4n) is 3.09. The van der Waals surface area contributed by atoms with E-state index in [9.17, 15) is 4.79 Å². The molecule has 2 aromatic carbocycles. The number of furan rings is 1. The molecule has 6 heteroatoms. The van der Waals surface area contributed by atoms with E-state index in [-0.39, 0.29) is 12.7 Å². The van der Waals surface area contributed by atoms with Crippen LogP contribution in [-0.4, -0.2) is 19.8 Å². The van der Waals surface area contributed by atoms with Gasteiger partial charge in [0, 0.05) is 34.8 Å². The molecule has 0 saturated heterocycles. The largest absolute Gasteiger partial charge is 0.496 e. The maximum atomic E-state index is 12.5. The summed E-state index contributed by atoms with van der Waals surface area (Å²) in [4.78, 5) is 12.5. The Bertz CT molecular complexity index is 1060. The number of carbonyl (C=O) groups is 1. The highest BCUT2D eigenvalue weighted by atomic mass is 16.7. The van der Waals surface area contributed by atoms with Crippen LogP contribution in [0.25, 0.3) is 16.5 Å². The lowest BCUT2D eigenvalue weighted by Gasteiger charge is -2.10. The van der Waals surface area contributed by atoms with E-state index in [0.717, 1.165) is 27.7 Å². The number of allylic oxidation sites excluding steroid dienone is 1. The first-order valence-electron chi connectivity index (χ1n) is 8.50. The van der Waals surface area contributed by atoms with Crippen LogP contribution in [0.3, 0.4) is 0 Å². The second-order valence-corrected chi connectivity index (χ2v) is 6.35. The third-order valence-electron chi connectivity index (χ3n) is 4.50. The average Bonchev–Trinajstić information content (AvgIpc) is 3.26. The second kappa shape index (κ2) is 6.72. The first-order valence-corrected chi connectivity index (χ1v) is 8.50. The molecule has 0 atom stereocenters. The van der Waals surface area contributed by atoms with Crippen LogP contribution < -0.4 is 19.5 Å². The fraction of sp³-hybridized carbons (Fsp3) is 0.190. The predicted molar refractivity (Wildman–Crippen MR) is 102 cm³/mol. The van der Waals surface area contributed by atoms with Crippen molar-refractivity contribution in [3.8, 4) is 17.2 Å². The Morgan fingerprint density at radius 1 is 1.19 bits per heavy atom. The summed E-state index contributed by atoms with van der Waals surface area (Å²) >= 11 is 0. The van der Waals surface area contributed by atoms with Gasteiger partial charge < -0.3 is 23.9 Å². The second-order valence-electron chi connectivity index (χ2n) is 6.35. The van der Waals surface area contributed by atoms with Gasteiger partial charge in [-0.3, -0.25) is 4.79 Å². The van der Waals surface area contributed by atoms with Crippen LogP contribution in [0.1, 0.15) is 18.1 Å². The summed E-state index contributed by atoms with van der Waals surface area (Å²) in [5.74, 6) is 1.71. The molecule has 1 aliphatic rings. The number of hydrogen-bond acceptors (Lipinski definition) is 5. The van der Waals surface area contributed by atoms with Gasteiger partial charge in [0.05, 0.1) is 13.4 Å². The Labute approximate surface area is 156 Å². The molecule has 0 saturated carbocycles. The van der Waals surface area contributed by atoms with Crippen molar-refractivity contribution in [2.75, 3.05) is 19.2 Å². The van der Waals surface area contributed by atoms with Gasteiger partial charge in [0.1, 0.15) is 11.3 Å². The van der Waals surface area contributed by atoms with Crippen molar-refractivity contribution in [1.82, 2.24) is 0 Å². The van der Waals surface area contributed by atoms with Crippen LogP contribution in [-0.2, 0) is 4.79 Å². The molecule has 0 fully saturated rings. The SMILES string of the molecule is COc1cc2occ(C)c2cc1/C(C)=C/C(=O)Nc1ccc2c(c1)OCO2. The normalized spacial score (nSPS) is 13.1. The van der Waals surface area contributed by atoms with Crippen LogP contribution in [0.15, 0.2) is 47.1 Å². The van der Waals surface area contributed by atoms with Crippen molar-refractivity contribution in [3.05, 3.63) is 53.8 Å². The molecule has 0 radical (unpaired) electrons. The summed E-state index contributed by atoms with van der Waals surface area (Å²) in [7, 11) is 1.60. The van der Waals surface area contributed by atoms with E-state index < -0.39 is 0 Å². The van der Waals surface area contributed by atoms with Crippen LogP contribution >= 0.6 is 0 Å². The fourth-order valence-corrected chi connectivity index (χ4v) is 3.09. The van der Waals surface area contributed by atoms with E-state index in [0.29, 0.717) is 22.9 Å².